The van der Waals surface area contributed by atoms with Crippen LogP contribution in [0.3, 0.4) is 0 Å². The van der Waals surface area contributed by atoms with E-state index < -0.39 is 0 Å². The number of halogens is 1. The van der Waals surface area contributed by atoms with Gasteiger partial charge in [0.15, 0.2) is 5.43 Å². The lowest BCUT2D eigenvalue weighted by atomic mass is 10.1. The minimum atomic E-state index is -0.242. The van der Waals surface area contributed by atoms with Gasteiger partial charge in [-0.3, -0.25) is 9.69 Å². The van der Waals surface area contributed by atoms with Crippen molar-refractivity contribution in [2.75, 3.05) is 13.7 Å². The molecule has 1 aromatic carbocycles. The summed E-state index contributed by atoms with van der Waals surface area (Å²) in [6.07, 6.45) is 1.75. The van der Waals surface area contributed by atoms with Gasteiger partial charge < -0.3 is 9.72 Å². The zero-order chi connectivity index (χ0) is 17.7. The van der Waals surface area contributed by atoms with E-state index >= 15 is 0 Å². The summed E-state index contributed by atoms with van der Waals surface area (Å²) in [5.74, 6) is -0.242. The molecule has 0 radical (unpaired) electrons. The van der Waals surface area contributed by atoms with Gasteiger partial charge in [0.2, 0.25) is 0 Å². The van der Waals surface area contributed by atoms with Gasteiger partial charge in [-0.1, -0.05) is 12.1 Å². The molecule has 0 aliphatic rings. The smallest absolute Gasteiger partial charge is 0.187 e. The molecular weight excluding hydrogens is 307 g/mol. The van der Waals surface area contributed by atoms with E-state index in [4.69, 9.17) is 4.74 Å². The van der Waals surface area contributed by atoms with Crippen LogP contribution in [0.4, 0.5) is 4.39 Å². The lowest BCUT2D eigenvalue weighted by Gasteiger charge is -2.29. The number of hydrogen-bond donors (Lipinski definition) is 1. The van der Waals surface area contributed by atoms with E-state index in [1.54, 1.807) is 32.4 Å². The van der Waals surface area contributed by atoms with Gasteiger partial charge in [-0.25, -0.2) is 4.39 Å². The SMILES string of the molecule is COC[C@H](C)N(Cc1ccc(F)cc1)Cc1[nH]cc(C)c(=O)c1C. The summed E-state index contributed by atoms with van der Waals surface area (Å²) in [7, 11) is 1.67. The van der Waals surface area contributed by atoms with E-state index in [1.165, 1.54) is 12.1 Å². The number of nitrogens with one attached hydrogen (secondary N) is 1. The molecular formula is C19H25FN2O2. The normalized spacial score (nSPS) is 12.6. The van der Waals surface area contributed by atoms with Crippen molar-refractivity contribution < 1.29 is 9.13 Å². The summed E-state index contributed by atoms with van der Waals surface area (Å²) in [4.78, 5) is 17.6. The third-order valence-corrected chi connectivity index (χ3v) is 4.31. The molecule has 5 heteroatoms. The van der Waals surface area contributed by atoms with Gasteiger partial charge in [-0.05, 0) is 38.5 Å². The Bertz CT molecular complexity index is 725. The highest BCUT2D eigenvalue weighted by molar-refractivity contribution is 5.24. The quantitative estimate of drug-likeness (QED) is 0.847. The number of H-pyrrole nitrogens is 1. The Morgan fingerprint density at radius 3 is 2.50 bits per heavy atom. The molecule has 1 aromatic heterocycles. The van der Waals surface area contributed by atoms with E-state index in [-0.39, 0.29) is 17.3 Å². The van der Waals surface area contributed by atoms with Gasteiger partial charge >= 0.3 is 0 Å². The van der Waals surface area contributed by atoms with Crippen LogP contribution in [0.2, 0.25) is 0 Å². The molecule has 2 rings (SSSR count). The molecule has 4 nitrogen and oxygen atoms in total. The molecule has 0 saturated carbocycles. The number of hydrogen-bond acceptors (Lipinski definition) is 3. The van der Waals surface area contributed by atoms with Crippen molar-refractivity contribution in [3.8, 4) is 0 Å². The maximum atomic E-state index is 13.1. The Morgan fingerprint density at radius 2 is 1.88 bits per heavy atom. The number of nitrogens with zero attached hydrogens (tertiary/aromatic N) is 1. The van der Waals surface area contributed by atoms with E-state index in [9.17, 15) is 9.18 Å². The second-order valence-electron chi connectivity index (χ2n) is 6.24. The first-order valence-electron chi connectivity index (χ1n) is 8.07. The van der Waals surface area contributed by atoms with Crippen LogP contribution in [0.5, 0.6) is 0 Å². The Morgan fingerprint density at radius 1 is 1.21 bits per heavy atom. The molecule has 1 atom stereocenters. The molecule has 130 valence electrons. The van der Waals surface area contributed by atoms with Gasteiger partial charge in [0.05, 0.1) is 6.61 Å². The Balaban J connectivity index is 2.24. The minimum Gasteiger partial charge on any atom is -0.383 e. The van der Waals surface area contributed by atoms with E-state index in [0.29, 0.717) is 25.3 Å². The fourth-order valence-electron chi connectivity index (χ4n) is 2.71. The minimum absolute atomic E-state index is 0.0740. The molecule has 0 aliphatic carbocycles. The molecule has 0 fully saturated rings. The topological polar surface area (TPSA) is 45.3 Å². The highest BCUT2D eigenvalue weighted by Crippen LogP contribution is 2.14. The lowest BCUT2D eigenvalue weighted by molar-refractivity contribution is 0.0885. The number of rotatable bonds is 7. The molecule has 0 unspecified atom stereocenters. The van der Waals surface area contributed by atoms with Gasteiger partial charge in [0, 0.05) is 49.3 Å². The highest BCUT2D eigenvalue weighted by Gasteiger charge is 2.17. The van der Waals surface area contributed by atoms with Crippen LogP contribution in [-0.4, -0.2) is 29.6 Å². The Labute approximate surface area is 142 Å². The second kappa shape index (κ2) is 8.22. The monoisotopic (exact) mass is 332 g/mol. The molecule has 0 aliphatic heterocycles. The third kappa shape index (κ3) is 4.52. The summed E-state index contributed by atoms with van der Waals surface area (Å²) in [5, 5.41) is 0. The van der Waals surface area contributed by atoms with Crippen LogP contribution in [0.15, 0.2) is 35.3 Å². The van der Waals surface area contributed by atoms with E-state index in [0.717, 1.165) is 16.8 Å². The molecule has 0 saturated heterocycles. The Kier molecular flexibility index (Phi) is 6.29. The van der Waals surface area contributed by atoms with Gasteiger partial charge in [0.25, 0.3) is 0 Å². The first-order chi connectivity index (χ1) is 11.4. The van der Waals surface area contributed by atoms with Crippen molar-refractivity contribution in [1.82, 2.24) is 9.88 Å². The van der Waals surface area contributed by atoms with Gasteiger partial charge in [0.1, 0.15) is 5.82 Å². The van der Waals surface area contributed by atoms with Gasteiger partial charge in [-0.15, -0.1) is 0 Å². The number of aromatic amines is 1. The lowest BCUT2D eigenvalue weighted by Crippen LogP contribution is -2.36. The van der Waals surface area contributed by atoms with Crippen molar-refractivity contribution in [1.29, 1.82) is 0 Å². The molecule has 2 aromatic rings. The molecule has 1 N–H and O–H groups in total. The maximum absolute atomic E-state index is 13.1. The highest BCUT2D eigenvalue weighted by atomic mass is 19.1. The number of aryl methyl sites for hydroxylation is 1. The number of benzene rings is 1. The first-order valence-corrected chi connectivity index (χ1v) is 8.07. The van der Waals surface area contributed by atoms with Crippen LogP contribution in [0.25, 0.3) is 0 Å². The van der Waals surface area contributed by atoms with Crippen LogP contribution in [0, 0.1) is 19.7 Å². The molecule has 24 heavy (non-hydrogen) atoms. The zero-order valence-corrected chi connectivity index (χ0v) is 14.7. The first kappa shape index (κ1) is 18.4. The van der Waals surface area contributed by atoms with E-state index in [2.05, 4.69) is 16.8 Å². The van der Waals surface area contributed by atoms with Crippen molar-refractivity contribution in [2.24, 2.45) is 0 Å². The third-order valence-electron chi connectivity index (χ3n) is 4.31. The molecule has 0 bridgehead atoms. The standard InChI is InChI=1S/C19H25FN2O2/c1-13-9-21-18(15(3)19(13)23)11-22(14(2)12-24-4)10-16-5-7-17(20)8-6-16/h5-9,14H,10-12H2,1-4H3,(H,21,23)/t14-/m0/s1. The fraction of sp³-hybridized carbons (Fsp3) is 0.421. The molecule has 1 heterocycles. The summed E-state index contributed by atoms with van der Waals surface area (Å²) in [5.41, 5.74) is 3.45. The average Bonchev–Trinajstić information content (AvgIpc) is 2.56. The maximum Gasteiger partial charge on any atom is 0.187 e. The predicted molar refractivity (Wildman–Crippen MR) is 93.5 cm³/mol. The number of methoxy groups -OCH3 is 1. The van der Waals surface area contributed by atoms with Crippen LogP contribution in [0.1, 0.15) is 29.3 Å². The summed E-state index contributed by atoms with van der Waals surface area (Å²) in [6, 6.07) is 6.66. The van der Waals surface area contributed by atoms with Crippen LogP contribution >= 0.6 is 0 Å². The number of pyridine rings is 1. The summed E-state index contributed by atoms with van der Waals surface area (Å²) in [6.45, 7) is 7.56. The van der Waals surface area contributed by atoms with Crippen molar-refractivity contribution in [3.05, 3.63) is 68.9 Å². The fourth-order valence-corrected chi connectivity index (χ4v) is 2.71. The van der Waals surface area contributed by atoms with E-state index in [1.807, 2.05) is 6.92 Å². The largest absolute Gasteiger partial charge is 0.383 e. The summed E-state index contributed by atoms with van der Waals surface area (Å²) >= 11 is 0. The van der Waals surface area contributed by atoms with Gasteiger partial charge in [-0.2, -0.15) is 0 Å². The zero-order valence-electron chi connectivity index (χ0n) is 14.7. The summed E-state index contributed by atoms with van der Waals surface area (Å²) < 4.78 is 18.4. The van der Waals surface area contributed by atoms with Crippen LogP contribution in [-0.2, 0) is 17.8 Å². The molecule has 0 amide bonds. The predicted octanol–water partition coefficient (Wildman–Crippen LogP) is 3.17. The van der Waals surface area contributed by atoms with Crippen molar-refractivity contribution >= 4 is 0 Å². The Hall–Kier alpha value is -1.98. The van der Waals surface area contributed by atoms with Crippen LogP contribution < -0.4 is 5.43 Å². The number of ether oxygens (including phenoxy) is 1. The number of aromatic nitrogens is 1. The molecule has 0 spiro atoms. The average molecular weight is 332 g/mol. The second-order valence-corrected chi connectivity index (χ2v) is 6.24. The van der Waals surface area contributed by atoms with Crippen molar-refractivity contribution in [2.45, 2.75) is 39.9 Å². The van der Waals surface area contributed by atoms with Crippen molar-refractivity contribution in [3.63, 3.8) is 0 Å².